The van der Waals surface area contributed by atoms with E-state index in [1.54, 1.807) is 91.0 Å². The summed E-state index contributed by atoms with van der Waals surface area (Å²) in [5, 5.41) is 7.28. The number of ether oxygens (including phenoxy) is 2. The lowest BCUT2D eigenvalue weighted by Gasteiger charge is -2.10. The summed E-state index contributed by atoms with van der Waals surface area (Å²) >= 11 is 9.20. The van der Waals surface area contributed by atoms with Gasteiger partial charge < -0.3 is 14.8 Å². The molecule has 0 unspecified atom stereocenters. The van der Waals surface area contributed by atoms with Gasteiger partial charge in [-0.1, -0.05) is 33.6 Å². The number of halogens is 2. The van der Waals surface area contributed by atoms with E-state index in [1.165, 1.54) is 13.3 Å². The molecular weight excluding hydrogens is 586 g/mol. The zero-order chi connectivity index (χ0) is 27.8. The number of methoxy groups -OCH3 is 1. The van der Waals surface area contributed by atoms with E-state index >= 15 is 0 Å². The Morgan fingerprint density at radius 1 is 0.821 bits per heavy atom. The van der Waals surface area contributed by atoms with Gasteiger partial charge in [0.15, 0.2) is 11.5 Å². The van der Waals surface area contributed by atoms with Crippen LogP contribution in [0, 0.1) is 0 Å². The number of nitrogens with one attached hydrogen (secondary N) is 2. The Morgan fingerprint density at radius 2 is 1.54 bits per heavy atom. The smallest absolute Gasteiger partial charge is 0.343 e. The summed E-state index contributed by atoms with van der Waals surface area (Å²) in [6.45, 7) is 0. The van der Waals surface area contributed by atoms with Gasteiger partial charge >= 0.3 is 5.97 Å². The van der Waals surface area contributed by atoms with Crippen molar-refractivity contribution in [1.29, 1.82) is 0 Å². The third kappa shape index (κ3) is 7.53. The van der Waals surface area contributed by atoms with Crippen LogP contribution in [0.4, 0.5) is 5.69 Å². The Bertz CT molecular complexity index is 1540. The first-order chi connectivity index (χ1) is 18.8. The maximum Gasteiger partial charge on any atom is 0.343 e. The molecule has 0 bridgehead atoms. The molecule has 0 fully saturated rings. The van der Waals surface area contributed by atoms with Crippen LogP contribution < -0.4 is 20.2 Å². The fourth-order valence-electron chi connectivity index (χ4n) is 3.37. The van der Waals surface area contributed by atoms with Crippen LogP contribution in [0.5, 0.6) is 11.5 Å². The molecule has 0 aliphatic heterocycles. The van der Waals surface area contributed by atoms with Crippen LogP contribution in [-0.2, 0) is 0 Å². The molecule has 0 spiro atoms. The number of benzene rings is 4. The van der Waals surface area contributed by atoms with Crippen molar-refractivity contribution in [3.05, 3.63) is 123 Å². The molecule has 0 saturated heterocycles. The minimum Gasteiger partial charge on any atom is -0.493 e. The van der Waals surface area contributed by atoms with Gasteiger partial charge in [-0.25, -0.2) is 10.2 Å². The van der Waals surface area contributed by atoms with Crippen molar-refractivity contribution in [3.8, 4) is 11.5 Å². The van der Waals surface area contributed by atoms with Crippen molar-refractivity contribution in [2.45, 2.75) is 0 Å². The largest absolute Gasteiger partial charge is 0.493 e. The zero-order valence-corrected chi connectivity index (χ0v) is 22.8. The van der Waals surface area contributed by atoms with E-state index in [1.807, 2.05) is 0 Å². The molecule has 0 radical (unpaired) electrons. The fourth-order valence-corrected chi connectivity index (χ4v) is 3.76. The lowest BCUT2D eigenvalue weighted by Crippen LogP contribution is -2.18. The van der Waals surface area contributed by atoms with E-state index in [4.69, 9.17) is 21.1 Å². The van der Waals surface area contributed by atoms with Crippen LogP contribution in [0.15, 0.2) is 101 Å². The second-order valence-electron chi connectivity index (χ2n) is 8.05. The molecule has 0 heterocycles. The Morgan fingerprint density at radius 3 is 2.26 bits per heavy atom. The SMILES string of the molecule is COc1cc(C=NNC(=O)c2cccc(NC(=O)c3ccc(Br)cc3)c2)ccc1OC(=O)c1ccc(Cl)cc1. The van der Waals surface area contributed by atoms with E-state index in [0.29, 0.717) is 38.7 Å². The average Bonchev–Trinajstić information content (AvgIpc) is 2.94. The summed E-state index contributed by atoms with van der Waals surface area (Å²) in [6, 6.07) is 24.6. The second kappa shape index (κ2) is 12.9. The first kappa shape index (κ1) is 27.6. The topological polar surface area (TPSA) is 106 Å². The number of rotatable bonds is 8. The number of carbonyl (C=O) groups is 3. The molecule has 39 heavy (non-hydrogen) atoms. The predicted octanol–water partition coefficient (Wildman–Crippen LogP) is 6.35. The van der Waals surface area contributed by atoms with Crippen LogP contribution in [0.25, 0.3) is 0 Å². The van der Waals surface area contributed by atoms with Gasteiger partial charge in [0.25, 0.3) is 11.8 Å². The third-order valence-corrected chi connectivity index (χ3v) is 6.12. The molecule has 2 amide bonds. The summed E-state index contributed by atoms with van der Waals surface area (Å²) in [5.41, 5.74) is 4.64. The highest BCUT2D eigenvalue weighted by molar-refractivity contribution is 9.10. The van der Waals surface area contributed by atoms with Crippen molar-refractivity contribution in [1.82, 2.24) is 5.43 Å². The van der Waals surface area contributed by atoms with Gasteiger partial charge in [0.05, 0.1) is 18.9 Å². The normalized spacial score (nSPS) is 10.6. The van der Waals surface area contributed by atoms with Crippen LogP contribution >= 0.6 is 27.5 Å². The van der Waals surface area contributed by atoms with Gasteiger partial charge in [0.1, 0.15) is 0 Å². The number of esters is 1. The summed E-state index contributed by atoms with van der Waals surface area (Å²) in [6.07, 6.45) is 1.42. The predicted molar refractivity (Wildman–Crippen MR) is 153 cm³/mol. The van der Waals surface area contributed by atoms with Crippen LogP contribution in [0.2, 0.25) is 5.02 Å². The minimum atomic E-state index is -0.561. The summed E-state index contributed by atoms with van der Waals surface area (Å²) < 4.78 is 11.6. The summed E-state index contributed by atoms with van der Waals surface area (Å²) in [4.78, 5) is 37.5. The van der Waals surface area contributed by atoms with Crippen molar-refractivity contribution in [2.24, 2.45) is 5.10 Å². The Kier molecular flexibility index (Phi) is 9.09. The third-order valence-electron chi connectivity index (χ3n) is 5.34. The van der Waals surface area contributed by atoms with E-state index in [9.17, 15) is 14.4 Å². The Balaban J connectivity index is 1.37. The molecule has 8 nitrogen and oxygen atoms in total. The van der Waals surface area contributed by atoms with Crippen molar-refractivity contribution >= 4 is 57.2 Å². The standard InChI is InChI=1S/C29H21BrClN3O5/c1-38-26-15-18(5-14-25(26)39-29(37)20-8-12-23(31)13-9-20)17-32-34-28(36)21-3-2-4-24(16-21)33-27(35)19-6-10-22(30)11-7-19/h2-17H,1H3,(H,33,35)(H,34,36). The van der Waals surface area contributed by atoms with Crippen LogP contribution in [-0.4, -0.2) is 31.1 Å². The number of anilines is 1. The van der Waals surface area contributed by atoms with E-state index < -0.39 is 11.9 Å². The highest BCUT2D eigenvalue weighted by Crippen LogP contribution is 2.28. The number of carbonyl (C=O) groups excluding carboxylic acids is 3. The highest BCUT2D eigenvalue weighted by Gasteiger charge is 2.13. The number of hydrogen-bond acceptors (Lipinski definition) is 6. The molecule has 0 aliphatic carbocycles. The zero-order valence-electron chi connectivity index (χ0n) is 20.5. The molecule has 0 aliphatic rings. The molecule has 0 atom stereocenters. The lowest BCUT2D eigenvalue weighted by molar-refractivity contribution is 0.0729. The molecule has 10 heteroatoms. The molecular formula is C29H21BrClN3O5. The van der Waals surface area contributed by atoms with Gasteiger partial charge in [0.2, 0.25) is 0 Å². The molecule has 2 N–H and O–H groups in total. The van der Waals surface area contributed by atoms with Gasteiger partial charge in [-0.15, -0.1) is 0 Å². The maximum absolute atomic E-state index is 12.6. The van der Waals surface area contributed by atoms with Crippen molar-refractivity contribution in [3.63, 3.8) is 0 Å². The van der Waals surface area contributed by atoms with Gasteiger partial charge in [-0.2, -0.15) is 5.10 Å². The number of amides is 2. The highest BCUT2D eigenvalue weighted by atomic mass is 79.9. The van der Waals surface area contributed by atoms with Crippen LogP contribution in [0.3, 0.4) is 0 Å². The minimum absolute atomic E-state index is 0.223. The van der Waals surface area contributed by atoms with Crippen LogP contribution in [0.1, 0.15) is 36.6 Å². The average molecular weight is 607 g/mol. The Hall–Kier alpha value is -4.47. The molecule has 4 aromatic rings. The van der Waals surface area contributed by atoms with Gasteiger partial charge in [-0.05, 0) is 90.5 Å². The van der Waals surface area contributed by atoms with Crippen molar-refractivity contribution in [2.75, 3.05) is 12.4 Å². The molecule has 4 rings (SSSR count). The number of hydrazone groups is 1. The van der Waals surface area contributed by atoms with E-state index in [0.717, 1.165) is 4.47 Å². The quantitative estimate of drug-likeness (QED) is 0.105. The summed E-state index contributed by atoms with van der Waals surface area (Å²) in [7, 11) is 1.44. The lowest BCUT2D eigenvalue weighted by atomic mass is 10.1. The first-order valence-corrected chi connectivity index (χ1v) is 12.7. The van der Waals surface area contributed by atoms with Crippen molar-refractivity contribution < 1.29 is 23.9 Å². The molecule has 196 valence electrons. The second-order valence-corrected chi connectivity index (χ2v) is 9.40. The fraction of sp³-hybridized carbons (Fsp3) is 0.0345. The van der Waals surface area contributed by atoms with E-state index in [2.05, 4.69) is 31.8 Å². The molecule has 0 aromatic heterocycles. The molecule has 0 saturated carbocycles. The van der Waals surface area contributed by atoms with Gasteiger partial charge in [-0.3, -0.25) is 9.59 Å². The number of hydrogen-bond donors (Lipinski definition) is 2. The monoisotopic (exact) mass is 605 g/mol. The number of nitrogens with zero attached hydrogens (tertiary/aromatic N) is 1. The van der Waals surface area contributed by atoms with Gasteiger partial charge in [0, 0.05) is 26.3 Å². The Labute approximate surface area is 237 Å². The van der Waals surface area contributed by atoms with E-state index in [-0.39, 0.29) is 11.7 Å². The molecule has 4 aromatic carbocycles. The maximum atomic E-state index is 12.6. The summed E-state index contributed by atoms with van der Waals surface area (Å²) in [5.74, 6) is -0.794. The first-order valence-electron chi connectivity index (χ1n) is 11.5.